The highest BCUT2D eigenvalue weighted by atomic mass is 28.2. The Labute approximate surface area is 97.1 Å². The van der Waals surface area contributed by atoms with Crippen LogP contribution < -0.4 is 5.32 Å². The Morgan fingerprint density at radius 2 is 2.12 bits per heavy atom. The standard InChI is InChI=1S/C9H16N2O4Si/c1-14-9(15-2)16-5-3-4-11-6-7(12)10-8(11)13/h9H,3-6H2,1-2H3,(H,10,12,13). The Hall–Kier alpha value is -0.923. The number of carbonyl (C=O) groups excluding carboxylic acids is 2. The van der Waals surface area contributed by atoms with Crippen molar-refractivity contribution < 1.29 is 19.1 Å². The maximum absolute atomic E-state index is 11.2. The predicted octanol–water partition coefficient (Wildman–Crippen LogP) is -0.373. The van der Waals surface area contributed by atoms with E-state index in [-0.39, 0.29) is 24.4 Å². The molecule has 0 unspecified atom stereocenters. The Morgan fingerprint density at radius 1 is 1.44 bits per heavy atom. The molecule has 1 aliphatic rings. The van der Waals surface area contributed by atoms with Gasteiger partial charge in [-0.1, -0.05) is 6.04 Å². The molecule has 2 radical (unpaired) electrons. The first-order valence-electron chi connectivity index (χ1n) is 5.05. The van der Waals surface area contributed by atoms with Crippen molar-refractivity contribution in [2.24, 2.45) is 0 Å². The van der Waals surface area contributed by atoms with Crippen LogP contribution in [0.5, 0.6) is 0 Å². The van der Waals surface area contributed by atoms with E-state index in [9.17, 15) is 9.59 Å². The maximum atomic E-state index is 11.2. The van der Waals surface area contributed by atoms with Crippen LogP contribution in [0, 0.1) is 0 Å². The number of hydrogen-bond acceptors (Lipinski definition) is 4. The van der Waals surface area contributed by atoms with Gasteiger partial charge < -0.3 is 14.4 Å². The first-order chi connectivity index (χ1) is 7.67. The molecule has 3 amide bonds. The van der Waals surface area contributed by atoms with Crippen molar-refractivity contribution in [1.82, 2.24) is 10.2 Å². The summed E-state index contributed by atoms with van der Waals surface area (Å²) in [6.07, 6.45) is 0.850. The molecule has 90 valence electrons. The molecule has 0 aromatic heterocycles. The highest BCUT2D eigenvalue weighted by molar-refractivity contribution is 6.36. The molecule has 6 nitrogen and oxygen atoms in total. The van der Waals surface area contributed by atoms with E-state index in [2.05, 4.69) is 5.32 Å². The van der Waals surface area contributed by atoms with Crippen molar-refractivity contribution in [2.45, 2.75) is 18.4 Å². The lowest BCUT2D eigenvalue weighted by Crippen LogP contribution is -2.29. The van der Waals surface area contributed by atoms with Gasteiger partial charge in [-0.3, -0.25) is 10.1 Å². The lowest BCUT2D eigenvalue weighted by molar-refractivity contribution is -0.118. The van der Waals surface area contributed by atoms with Gasteiger partial charge in [0.25, 0.3) is 0 Å². The molecule has 0 spiro atoms. The topological polar surface area (TPSA) is 67.9 Å². The van der Waals surface area contributed by atoms with Crippen LogP contribution in [0.15, 0.2) is 0 Å². The molecule has 0 aromatic carbocycles. The summed E-state index contributed by atoms with van der Waals surface area (Å²) in [5, 5.41) is 2.24. The van der Waals surface area contributed by atoms with Crippen LogP contribution >= 0.6 is 0 Å². The van der Waals surface area contributed by atoms with E-state index < -0.39 is 0 Å². The number of amides is 3. The number of hydrogen-bond donors (Lipinski definition) is 1. The molecule has 7 heteroatoms. The number of carbonyl (C=O) groups is 2. The van der Waals surface area contributed by atoms with Gasteiger partial charge in [0.2, 0.25) is 5.91 Å². The van der Waals surface area contributed by atoms with Crippen molar-refractivity contribution in [1.29, 1.82) is 0 Å². The van der Waals surface area contributed by atoms with Crippen LogP contribution in [0.4, 0.5) is 4.79 Å². The van der Waals surface area contributed by atoms with Crippen molar-refractivity contribution in [3.63, 3.8) is 0 Å². The summed E-state index contributed by atoms with van der Waals surface area (Å²) in [7, 11) is 3.75. The molecular formula is C9H16N2O4Si. The van der Waals surface area contributed by atoms with Gasteiger partial charge >= 0.3 is 6.03 Å². The summed E-state index contributed by atoms with van der Waals surface area (Å²) in [5.74, 6) is -0.381. The Morgan fingerprint density at radius 3 is 2.62 bits per heavy atom. The number of rotatable bonds is 7. The van der Waals surface area contributed by atoms with E-state index in [4.69, 9.17) is 9.47 Å². The molecule has 0 atom stereocenters. The Balaban J connectivity index is 2.11. The number of nitrogens with one attached hydrogen (secondary N) is 1. The average Bonchev–Trinajstić information content (AvgIpc) is 2.58. The fraction of sp³-hybridized carbons (Fsp3) is 0.778. The molecule has 1 fully saturated rings. The van der Waals surface area contributed by atoms with Crippen LogP contribution in [0.25, 0.3) is 0 Å². The van der Waals surface area contributed by atoms with Gasteiger partial charge in [-0.05, 0) is 6.42 Å². The average molecular weight is 244 g/mol. The molecule has 1 heterocycles. The summed E-state index contributed by atoms with van der Waals surface area (Å²) >= 11 is 0. The third kappa shape index (κ3) is 3.91. The zero-order valence-electron chi connectivity index (χ0n) is 9.49. The molecule has 1 aliphatic heterocycles. The second-order valence-electron chi connectivity index (χ2n) is 3.39. The molecule has 16 heavy (non-hydrogen) atoms. The number of methoxy groups -OCH3 is 2. The van der Waals surface area contributed by atoms with E-state index in [1.54, 1.807) is 14.2 Å². The second kappa shape index (κ2) is 6.61. The largest absolute Gasteiger partial charge is 0.360 e. The normalized spacial score (nSPS) is 16.1. The molecule has 1 rings (SSSR count). The summed E-state index contributed by atoms with van der Waals surface area (Å²) in [6, 6.07) is 0.632. The zero-order chi connectivity index (χ0) is 12.0. The Kier molecular flexibility index (Phi) is 5.43. The number of nitrogens with zero attached hydrogens (tertiary/aromatic N) is 1. The lowest BCUT2D eigenvalue weighted by atomic mass is 10.4. The quantitative estimate of drug-likeness (QED) is 0.287. The maximum Gasteiger partial charge on any atom is 0.324 e. The third-order valence-electron chi connectivity index (χ3n) is 2.21. The first-order valence-corrected chi connectivity index (χ1v) is 6.33. The molecule has 0 bridgehead atoms. The van der Waals surface area contributed by atoms with Gasteiger partial charge in [0, 0.05) is 20.8 Å². The summed E-state index contributed by atoms with van der Waals surface area (Å²) in [4.78, 5) is 23.6. The minimum atomic E-state index is -0.289. The molecule has 1 saturated heterocycles. The van der Waals surface area contributed by atoms with Crippen molar-refractivity contribution >= 4 is 21.5 Å². The number of urea groups is 1. The minimum absolute atomic E-state index is 0.158. The van der Waals surface area contributed by atoms with Gasteiger partial charge in [-0.15, -0.1) is 0 Å². The zero-order valence-corrected chi connectivity index (χ0v) is 10.5. The van der Waals surface area contributed by atoms with E-state index in [1.165, 1.54) is 4.90 Å². The molecule has 0 aliphatic carbocycles. The third-order valence-corrected chi connectivity index (χ3v) is 3.66. The number of imide groups is 1. The predicted molar refractivity (Wildman–Crippen MR) is 58.1 cm³/mol. The molecule has 0 saturated carbocycles. The highest BCUT2D eigenvalue weighted by Crippen LogP contribution is 2.03. The van der Waals surface area contributed by atoms with Crippen LogP contribution in [0.1, 0.15) is 6.42 Å². The monoisotopic (exact) mass is 244 g/mol. The van der Waals surface area contributed by atoms with E-state index in [0.29, 0.717) is 16.1 Å². The van der Waals surface area contributed by atoms with E-state index >= 15 is 0 Å². The van der Waals surface area contributed by atoms with Crippen molar-refractivity contribution in [3.05, 3.63) is 0 Å². The van der Waals surface area contributed by atoms with E-state index in [1.807, 2.05) is 0 Å². The van der Waals surface area contributed by atoms with Crippen LogP contribution in [0.2, 0.25) is 6.04 Å². The van der Waals surface area contributed by atoms with Gasteiger partial charge in [0.05, 0.1) is 0 Å². The molecular weight excluding hydrogens is 228 g/mol. The van der Waals surface area contributed by atoms with E-state index in [0.717, 1.165) is 12.5 Å². The fourth-order valence-corrected chi connectivity index (χ4v) is 2.35. The minimum Gasteiger partial charge on any atom is -0.360 e. The lowest BCUT2D eigenvalue weighted by Gasteiger charge is -2.14. The van der Waals surface area contributed by atoms with Gasteiger partial charge in [0.1, 0.15) is 22.0 Å². The van der Waals surface area contributed by atoms with Crippen LogP contribution in [0.3, 0.4) is 0 Å². The second-order valence-corrected chi connectivity index (χ2v) is 4.77. The van der Waals surface area contributed by atoms with Crippen LogP contribution in [-0.4, -0.2) is 59.6 Å². The first kappa shape index (κ1) is 13.1. The van der Waals surface area contributed by atoms with Crippen molar-refractivity contribution in [2.75, 3.05) is 27.3 Å². The van der Waals surface area contributed by atoms with Gasteiger partial charge in [-0.2, -0.15) is 0 Å². The smallest absolute Gasteiger partial charge is 0.324 e. The summed E-state index contributed by atoms with van der Waals surface area (Å²) in [5.41, 5.74) is 0. The van der Waals surface area contributed by atoms with Gasteiger partial charge in [0.15, 0.2) is 0 Å². The SMILES string of the molecule is COC(OC)[Si]CCCN1CC(=O)NC1=O. The van der Waals surface area contributed by atoms with Crippen LogP contribution in [-0.2, 0) is 14.3 Å². The van der Waals surface area contributed by atoms with Gasteiger partial charge in [-0.25, -0.2) is 4.79 Å². The molecule has 0 aromatic rings. The number of ether oxygens (including phenoxy) is 2. The summed E-state index contributed by atoms with van der Waals surface area (Å²) < 4.78 is 10.1. The molecule has 1 N–H and O–H groups in total. The fourth-order valence-electron chi connectivity index (χ4n) is 1.42. The highest BCUT2D eigenvalue weighted by Gasteiger charge is 2.25. The Bertz CT molecular complexity index is 258. The van der Waals surface area contributed by atoms with Crippen molar-refractivity contribution in [3.8, 4) is 0 Å². The summed E-state index contributed by atoms with van der Waals surface area (Å²) in [6.45, 7) is 0.782.